The average Bonchev–Trinajstić information content (AvgIpc) is 3.15. The number of esters is 1. The van der Waals surface area contributed by atoms with Gasteiger partial charge < -0.3 is 9.64 Å². The van der Waals surface area contributed by atoms with Crippen LogP contribution >= 0.6 is 11.3 Å². The molecular formula is C20H21NO3S. The van der Waals surface area contributed by atoms with Crippen LogP contribution in [0.25, 0.3) is 0 Å². The first-order valence-electron chi connectivity index (χ1n) is 8.16. The lowest BCUT2D eigenvalue weighted by Gasteiger charge is -2.23. The van der Waals surface area contributed by atoms with Gasteiger partial charge in [-0.05, 0) is 23.1 Å². The molecule has 5 heteroatoms. The normalized spacial score (nSPS) is 16.8. The fraction of sp³-hybridized carbons (Fsp3) is 0.300. The zero-order chi connectivity index (χ0) is 18.0. The molecule has 0 N–H and O–H groups in total. The van der Waals surface area contributed by atoms with Crippen molar-refractivity contribution in [2.24, 2.45) is 0 Å². The van der Waals surface area contributed by atoms with Crippen LogP contribution in [-0.4, -0.2) is 25.4 Å². The summed E-state index contributed by atoms with van der Waals surface area (Å²) in [5, 5.41) is 1.91. The van der Waals surface area contributed by atoms with Crippen LogP contribution < -0.4 is 4.90 Å². The monoisotopic (exact) mass is 355 g/mol. The summed E-state index contributed by atoms with van der Waals surface area (Å²) in [6.45, 7) is 3.96. The maximum absolute atomic E-state index is 12.3. The number of hydrogen-bond donors (Lipinski definition) is 0. The molecule has 130 valence electrons. The van der Waals surface area contributed by atoms with Crippen LogP contribution in [0.2, 0.25) is 0 Å². The summed E-state index contributed by atoms with van der Waals surface area (Å²) < 4.78 is 5.12. The van der Waals surface area contributed by atoms with Crippen LogP contribution in [0.5, 0.6) is 0 Å². The molecule has 1 aromatic carbocycles. The minimum atomic E-state index is -0.378. The summed E-state index contributed by atoms with van der Waals surface area (Å²) in [6.07, 6.45) is 1.80. The number of carbonyl (C=O) groups excluding carboxylic acids is 2. The maximum atomic E-state index is 12.3. The standard InChI is InChI=1S/C20H21NO3S/c1-20(2)16-8-4-5-9-17(16)21(3)18(20)11-14(22)13-24-19(23)12-15-7-6-10-25-15/h4-11H,12-13H2,1-3H3. The number of nitrogens with zero attached hydrogens (tertiary/aromatic N) is 1. The van der Waals surface area contributed by atoms with E-state index in [4.69, 9.17) is 4.74 Å². The molecule has 0 bridgehead atoms. The Bertz CT molecular complexity index is 821. The van der Waals surface area contributed by atoms with Crippen molar-refractivity contribution >= 4 is 28.8 Å². The van der Waals surface area contributed by atoms with E-state index in [0.29, 0.717) is 0 Å². The van der Waals surface area contributed by atoms with Crippen LogP contribution in [0.4, 0.5) is 5.69 Å². The maximum Gasteiger partial charge on any atom is 0.311 e. The van der Waals surface area contributed by atoms with Crippen LogP contribution in [-0.2, 0) is 26.2 Å². The van der Waals surface area contributed by atoms with Gasteiger partial charge >= 0.3 is 5.97 Å². The van der Waals surface area contributed by atoms with Crippen molar-refractivity contribution in [3.63, 3.8) is 0 Å². The van der Waals surface area contributed by atoms with E-state index in [1.807, 2.05) is 47.7 Å². The Morgan fingerprint density at radius 1 is 1.20 bits per heavy atom. The van der Waals surface area contributed by atoms with Crippen molar-refractivity contribution < 1.29 is 14.3 Å². The molecule has 0 saturated carbocycles. The molecule has 0 amide bonds. The van der Waals surface area contributed by atoms with Gasteiger partial charge in [0, 0.05) is 34.8 Å². The number of para-hydroxylation sites is 1. The lowest BCUT2D eigenvalue weighted by Crippen LogP contribution is -2.25. The third kappa shape index (κ3) is 3.51. The number of carbonyl (C=O) groups is 2. The summed E-state index contributed by atoms with van der Waals surface area (Å²) in [4.78, 5) is 27.1. The third-order valence-electron chi connectivity index (χ3n) is 4.51. The summed E-state index contributed by atoms with van der Waals surface area (Å²) >= 11 is 1.50. The molecule has 0 spiro atoms. The second-order valence-corrected chi connectivity index (χ2v) is 7.65. The highest BCUT2D eigenvalue weighted by atomic mass is 32.1. The molecule has 2 heterocycles. The minimum Gasteiger partial charge on any atom is -0.457 e. The van der Waals surface area contributed by atoms with Crippen molar-refractivity contribution in [2.75, 3.05) is 18.6 Å². The number of fused-ring (bicyclic) bond motifs is 1. The first-order chi connectivity index (χ1) is 11.9. The van der Waals surface area contributed by atoms with Crippen LogP contribution in [0, 0.1) is 0 Å². The number of allylic oxidation sites excluding steroid dienone is 1. The first-order valence-corrected chi connectivity index (χ1v) is 9.04. The van der Waals surface area contributed by atoms with Gasteiger partial charge in [0.2, 0.25) is 0 Å². The van der Waals surface area contributed by atoms with Gasteiger partial charge in [-0.15, -0.1) is 11.3 Å². The Morgan fingerprint density at radius 2 is 1.96 bits per heavy atom. The predicted octanol–water partition coefficient (Wildman–Crippen LogP) is 3.71. The van der Waals surface area contributed by atoms with Gasteiger partial charge in [0.1, 0.15) is 0 Å². The number of rotatable bonds is 5. The molecule has 0 saturated heterocycles. The van der Waals surface area contributed by atoms with Gasteiger partial charge in [-0.25, -0.2) is 0 Å². The van der Waals surface area contributed by atoms with E-state index in [9.17, 15) is 9.59 Å². The largest absolute Gasteiger partial charge is 0.457 e. The van der Waals surface area contributed by atoms with Gasteiger partial charge in [0.05, 0.1) is 6.42 Å². The van der Waals surface area contributed by atoms with Gasteiger partial charge in [0.25, 0.3) is 0 Å². The topological polar surface area (TPSA) is 46.6 Å². The molecule has 0 atom stereocenters. The van der Waals surface area contributed by atoms with Crippen molar-refractivity contribution in [3.05, 3.63) is 64.0 Å². The Kier molecular flexibility index (Phi) is 4.77. The lowest BCUT2D eigenvalue weighted by molar-refractivity contribution is -0.146. The number of ether oxygens (including phenoxy) is 1. The lowest BCUT2D eigenvalue weighted by atomic mass is 9.83. The number of anilines is 1. The number of ketones is 1. The molecule has 3 rings (SSSR count). The van der Waals surface area contributed by atoms with Crippen molar-refractivity contribution in [1.29, 1.82) is 0 Å². The zero-order valence-corrected chi connectivity index (χ0v) is 15.4. The number of likely N-dealkylation sites (N-methyl/N-ethyl adjacent to an activating group) is 1. The number of benzene rings is 1. The van der Waals surface area contributed by atoms with Crippen LogP contribution in [0.15, 0.2) is 53.6 Å². The van der Waals surface area contributed by atoms with Gasteiger partial charge in [-0.2, -0.15) is 0 Å². The fourth-order valence-electron chi connectivity index (χ4n) is 3.21. The molecule has 2 aromatic rings. The molecule has 0 aliphatic carbocycles. The van der Waals surface area contributed by atoms with Crippen molar-refractivity contribution in [1.82, 2.24) is 0 Å². The minimum absolute atomic E-state index is 0.206. The van der Waals surface area contributed by atoms with E-state index in [0.717, 1.165) is 16.3 Å². The van der Waals surface area contributed by atoms with Crippen LogP contribution in [0.1, 0.15) is 24.3 Å². The quantitative estimate of drug-likeness (QED) is 0.606. The zero-order valence-electron chi connectivity index (χ0n) is 14.6. The smallest absolute Gasteiger partial charge is 0.311 e. The molecule has 1 aliphatic rings. The molecule has 1 aliphatic heterocycles. The summed E-state index contributed by atoms with van der Waals surface area (Å²) in [5.74, 6) is -0.584. The molecule has 0 unspecified atom stereocenters. The Hall–Kier alpha value is -2.40. The van der Waals surface area contributed by atoms with Gasteiger partial charge in [-0.1, -0.05) is 38.1 Å². The van der Waals surface area contributed by atoms with E-state index >= 15 is 0 Å². The number of hydrogen-bond acceptors (Lipinski definition) is 5. The van der Waals surface area contributed by atoms with E-state index in [1.54, 1.807) is 6.08 Å². The van der Waals surface area contributed by atoms with Gasteiger partial charge in [0.15, 0.2) is 12.4 Å². The highest BCUT2D eigenvalue weighted by Crippen LogP contribution is 2.46. The Labute approximate surface area is 151 Å². The second-order valence-electron chi connectivity index (χ2n) is 6.61. The Morgan fingerprint density at radius 3 is 2.64 bits per heavy atom. The molecule has 1 aromatic heterocycles. The van der Waals surface area contributed by atoms with E-state index in [-0.39, 0.29) is 30.2 Å². The van der Waals surface area contributed by atoms with E-state index in [2.05, 4.69) is 19.9 Å². The highest BCUT2D eigenvalue weighted by Gasteiger charge is 2.38. The number of thiophene rings is 1. The SMILES string of the molecule is CN1C(=CC(=O)COC(=O)Cc2cccs2)C(C)(C)c2ccccc21. The van der Waals surface area contributed by atoms with Gasteiger partial charge in [-0.3, -0.25) is 9.59 Å². The highest BCUT2D eigenvalue weighted by molar-refractivity contribution is 7.10. The molecule has 25 heavy (non-hydrogen) atoms. The van der Waals surface area contributed by atoms with Crippen molar-refractivity contribution in [2.45, 2.75) is 25.7 Å². The van der Waals surface area contributed by atoms with Crippen LogP contribution in [0.3, 0.4) is 0 Å². The third-order valence-corrected chi connectivity index (χ3v) is 5.39. The fourth-order valence-corrected chi connectivity index (χ4v) is 3.90. The van der Waals surface area contributed by atoms with E-state index in [1.165, 1.54) is 16.9 Å². The van der Waals surface area contributed by atoms with E-state index < -0.39 is 0 Å². The summed E-state index contributed by atoms with van der Waals surface area (Å²) in [7, 11) is 1.95. The predicted molar refractivity (Wildman–Crippen MR) is 99.9 cm³/mol. The van der Waals surface area contributed by atoms with Crippen molar-refractivity contribution in [3.8, 4) is 0 Å². The first kappa shape index (κ1) is 17.4. The Balaban J connectivity index is 1.66. The molecular weight excluding hydrogens is 334 g/mol. The summed E-state index contributed by atoms with van der Waals surface area (Å²) in [5.41, 5.74) is 2.93. The molecule has 0 radical (unpaired) electrons. The summed E-state index contributed by atoms with van der Waals surface area (Å²) in [6, 6.07) is 11.9. The average molecular weight is 355 g/mol. The molecule has 0 fully saturated rings. The molecule has 4 nitrogen and oxygen atoms in total. The second kappa shape index (κ2) is 6.84.